The van der Waals surface area contributed by atoms with Gasteiger partial charge in [0, 0.05) is 23.9 Å². The molecule has 0 bridgehead atoms. The van der Waals surface area contributed by atoms with Gasteiger partial charge >= 0.3 is 5.97 Å². The maximum atomic E-state index is 13.5. The topological polar surface area (TPSA) is 79.2 Å². The normalized spacial score (nSPS) is 16.1. The van der Waals surface area contributed by atoms with Crippen molar-refractivity contribution in [1.29, 1.82) is 0 Å². The molecule has 1 N–H and O–H groups in total. The number of hydrogen-bond acceptors (Lipinski definition) is 4. The average molecular weight is 663 g/mol. The molecular weight excluding hydrogens is 608 g/mol. The number of likely N-dealkylation sites (N-methyl/N-ethyl adjacent to an activating group) is 1. The Bertz CT molecular complexity index is 1700. The van der Waals surface area contributed by atoms with Gasteiger partial charge in [-0.1, -0.05) is 93.6 Å². The molecule has 3 aromatic rings. The van der Waals surface area contributed by atoms with Crippen LogP contribution in [0.2, 0.25) is 0 Å². The Morgan fingerprint density at radius 3 is 2.33 bits per heavy atom. The van der Waals surface area contributed by atoms with Crippen molar-refractivity contribution in [3.8, 4) is 16.9 Å². The fourth-order valence-electron chi connectivity index (χ4n) is 6.86. The number of aryl methyl sites for hydroxylation is 1. The van der Waals surface area contributed by atoms with Crippen molar-refractivity contribution in [2.75, 3.05) is 13.2 Å². The molecule has 0 aromatic heterocycles. The lowest BCUT2D eigenvalue weighted by molar-refractivity contribution is -0.136. The molecule has 6 heteroatoms. The number of rotatable bonds is 16. The molecule has 1 heterocycles. The summed E-state index contributed by atoms with van der Waals surface area (Å²) in [5.41, 5.74) is 6.91. The lowest BCUT2D eigenvalue weighted by atomic mass is 9.71. The molecule has 0 radical (unpaired) electrons. The molecular formula is C43H54N2O4. The van der Waals surface area contributed by atoms with Crippen LogP contribution in [-0.4, -0.2) is 46.9 Å². The number of amides is 1. The van der Waals surface area contributed by atoms with Crippen LogP contribution < -0.4 is 4.74 Å². The van der Waals surface area contributed by atoms with E-state index in [1.54, 1.807) is 0 Å². The minimum atomic E-state index is -0.899. The smallest absolute Gasteiger partial charge is 0.307 e. The van der Waals surface area contributed by atoms with Crippen LogP contribution in [-0.2, 0) is 33.3 Å². The van der Waals surface area contributed by atoms with Crippen molar-refractivity contribution in [3.63, 3.8) is 0 Å². The Hall–Kier alpha value is -4.45. The molecule has 0 aliphatic carbocycles. The number of allylic oxidation sites excluding steroid dienone is 3. The van der Waals surface area contributed by atoms with Gasteiger partial charge < -0.3 is 9.84 Å². The summed E-state index contributed by atoms with van der Waals surface area (Å²) in [6.45, 7) is 20.2. The van der Waals surface area contributed by atoms with Crippen molar-refractivity contribution < 1.29 is 19.4 Å². The molecule has 2 atom stereocenters. The third kappa shape index (κ3) is 8.97. The van der Waals surface area contributed by atoms with E-state index in [1.165, 1.54) is 11.1 Å². The van der Waals surface area contributed by atoms with E-state index in [9.17, 15) is 14.7 Å². The number of carboxylic acid groups (broad SMARTS) is 1. The van der Waals surface area contributed by atoms with Crippen molar-refractivity contribution >= 4 is 17.7 Å². The van der Waals surface area contributed by atoms with E-state index in [4.69, 9.17) is 9.73 Å². The number of carbonyl (C=O) groups is 2. The quantitative estimate of drug-likeness (QED) is 0.155. The van der Waals surface area contributed by atoms with Crippen LogP contribution in [0.25, 0.3) is 11.1 Å². The highest BCUT2D eigenvalue weighted by Gasteiger charge is 2.36. The minimum absolute atomic E-state index is 0.0993. The van der Waals surface area contributed by atoms with E-state index in [-0.39, 0.29) is 23.8 Å². The molecule has 49 heavy (non-hydrogen) atoms. The molecule has 0 saturated heterocycles. The number of aliphatic imine (C=N–C) groups is 1. The fraction of sp³-hybridized carbons (Fsp3) is 0.419. The second-order valence-electron chi connectivity index (χ2n) is 14.1. The number of carboxylic acids is 1. The summed E-state index contributed by atoms with van der Waals surface area (Å²) in [7, 11) is 0. The first-order valence-electron chi connectivity index (χ1n) is 17.7. The zero-order chi connectivity index (χ0) is 35.8. The minimum Gasteiger partial charge on any atom is -0.494 e. The third-order valence-electron chi connectivity index (χ3n) is 9.62. The van der Waals surface area contributed by atoms with Gasteiger partial charge in [-0.15, -0.1) is 0 Å². The van der Waals surface area contributed by atoms with Gasteiger partial charge in [-0.25, -0.2) is 0 Å². The largest absolute Gasteiger partial charge is 0.494 e. The summed E-state index contributed by atoms with van der Waals surface area (Å²) in [4.78, 5) is 32.0. The highest BCUT2D eigenvalue weighted by Crippen LogP contribution is 2.40. The van der Waals surface area contributed by atoms with Crippen LogP contribution >= 0.6 is 0 Å². The first kappa shape index (κ1) is 37.4. The van der Waals surface area contributed by atoms with Gasteiger partial charge in [0.05, 0.1) is 13.0 Å². The van der Waals surface area contributed by atoms with E-state index in [1.807, 2.05) is 56.0 Å². The summed E-state index contributed by atoms with van der Waals surface area (Å²) in [6.07, 6.45) is 8.06. The molecule has 2 unspecified atom stereocenters. The number of aliphatic carboxylic acids is 1. The van der Waals surface area contributed by atoms with Crippen LogP contribution in [0.5, 0.6) is 5.75 Å². The van der Waals surface area contributed by atoms with Crippen LogP contribution in [0.4, 0.5) is 0 Å². The van der Waals surface area contributed by atoms with Crippen molar-refractivity contribution in [3.05, 3.63) is 113 Å². The van der Waals surface area contributed by atoms with E-state index in [0.29, 0.717) is 37.3 Å². The molecule has 4 rings (SSSR count). The van der Waals surface area contributed by atoms with Gasteiger partial charge in [-0.3, -0.25) is 19.5 Å². The standard InChI is InChI=1S/C43H54N2O4/c1-9-25-43(30(4)5,36-16-13-15-32(28-36)33-20-23-38(49-11-3)34(27-33)29-40(46)47)26-24-39-44-37(41(48)45(39)10-2)17-12-14-31-18-21-35(22-19-31)42(6,7)8/h9,13,15-16,18-23,25,27-28,37H,4,10-12,14,17,24,26,29H2,1-3,5-8H3,(H,46,47)/b25-9+. The first-order chi connectivity index (χ1) is 23.3. The highest BCUT2D eigenvalue weighted by atomic mass is 16.5. The zero-order valence-electron chi connectivity index (χ0n) is 30.5. The Labute approximate surface area is 293 Å². The first-order valence-corrected chi connectivity index (χ1v) is 17.7. The Balaban J connectivity index is 1.55. The van der Waals surface area contributed by atoms with Gasteiger partial charge in [0.15, 0.2) is 0 Å². The van der Waals surface area contributed by atoms with Gasteiger partial charge in [0.2, 0.25) is 0 Å². The molecule has 3 aromatic carbocycles. The third-order valence-corrected chi connectivity index (χ3v) is 9.62. The number of nitrogens with zero attached hydrogens (tertiary/aromatic N) is 2. The summed E-state index contributed by atoms with van der Waals surface area (Å²) in [5, 5.41) is 9.52. The number of benzene rings is 3. The summed E-state index contributed by atoms with van der Waals surface area (Å²) in [6, 6.07) is 22.6. The second kappa shape index (κ2) is 16.3. The average Bonchev–Trinajstić information content (AvgIpc) is 3.37. The predicted octanol–water partition coefficient (Wildman–Crippen LogP) is 9.50. The lowest BCUT2D eigenvalue weighted by Crippen LogP contribution is -2.36. The van der Waals surface area contributed by atoms with Crippen LogP contribution in [0.3, 0.4) is 0 Å². The lowest BCUT2D eigenvalue weighted by Gasteiger charge is -2.33. The van der Waals surface area contributed by atoms with Crippen LogP contribution in [0, 0.1) is 0 Å². The van der Waals surface area contributed by atoms with E-state index < -0.39 is 11.4 Å². The molecule has 0 saturated carbocycles. The number of hydrogen-bond donors (Lipinski definition) is 1. The number of ether oxygens (including phenoxy) is 1. The van der Waals surface area contributed by atoms with Crippen molar-refractivity contribution in [2.24, 2.45) is 4.99 Å². The van der Waals surface area contributed by atoms with E-state index in [2.05, 4.69) is 82.8 Å². The van der Waals surface area contributed by atoms with E-state index >= 15 is 0 Å². The molecule has 0 spiro atoms. The highest BCUT2D eigenvalue weighted by molar-refractivity contribution is 6.05. The van der Waals surface area contributed by atoms with Gasteiger partial charge in [-0.05, 0) is 105 Å². The van der Waals surface area contributed by atoms with E-state index in [0.717, 1.165) is 47.4 Å². The summed E-state index contributed by atoms with van der Waals surface area (Å²) < 4.78 is 5.72. The fourth-order valence-corrected chi connectivity index (χ4v) is 6.86. The number of carbonyl (C=O) groups excluding carboxylic acids is 1. The summed E-state index contributed by atoms with van der Waals surface area (Å²) >= 11 is 0. The van der Waals surface area contributed by atoms with Crippen LogP contribution in [0.15, 0.2) is 96.0 Å². The summed E-state index contributed by atoms with van der Waals surface area (Å²) in [5.74, 6) is 0.643. The van der Waals surface area contributed by atoms with Gasteiger partial charge in [0.25, 0.3) is 5.91 Å². The van der Waals surface area contributed by atoms with Crippen molar-refractivity contribution in [2.45, 2.75) is 104 Å². The SMILES string of the molecule is C=C(C)C(/C=C/C)(CCC1=NC(CCCc2ccc(C(C)(C)C)cc2)C(=O)N1CC)c1cccc(-c2ccc(OCC)c(CC(=O)O)c2)c1. The Morgan fingerprint density at radius 1 is 1.00 bits per heavy atom. The molecule has 6 nitrogen and oxygen atoms in total. The molecule has 1 aliphatic heterocycles. The Kier molecular flexibility index (Phi) is 12.4. The van der Waals surface area contributed by atoms with Gasteiger partial charge in [0.1, 0.15) is 17.6 Å². The van der Waals surface area contributed by atoms with Crippen molar-refractivity contribution in [1.82, 2.24) is 4.90 Å². The molecule has 1 aliphatic rings. The monoisotopic (exact) mass is 662 g/mol. The van der Waals surface area contributed by atoms with Gasteiger partial charge in [-0.2, -0.15) is 0 Å². The molecule has 1 amide bonds. The predicted molar refractivity (Wildman–Crippen MR) is 202 cm³/mol. The van der Waals surface area contributed by atoms with Crippen LogP contribution in [0.1, 0.15) is 96.4 Å². The maximum Gasteiger partial charge on any atom is 0.307 e. The number of amidine groups is 1. The maximum absolute atomic E-state index is 13.5. The Morgan fingerprint density at radius 2 is 1.71 bits per heavy atom. The second-order valence-corrected chi connectivity index (χ2v) is 14.1. The zero-order valence-corrected chi connectivity index (χ0v) is 30.5. The molecule has 260 valence electrons. The molecule has 0 fully saturated rings.